The van der Waals surface area contributed by atoms with E-state index in [9.17, 15) is 0 Å². The largest absolute Gasteiger partial charge is 0.327 e. The van der Waals surface area contributed by atoms with E-state index in [1.54, 1.807) is 0 Å². The minimum atomic E-state index is -1.36. The third-order valence-corrected chi connectivity index (χ3v) is 4.78. The highest BCUT2D eigenvalue weighted by Crippen LogP contribution is 1.96. The summed E-state index contributed by atoms with van der Waals surface area (Å²) in [7, 11) is 0.556. The molecule has 0 spiro atoms. The van der Waals surface area contributed by atoms with E-state index in [1.807, 2.05) is 19.2 Å². The number of hydrogen-bond donors (Lipinski definition) is 1. The summed E-state index contributed by atoms with van der Waals surface area (Å²) in [6, 6.07) is 8.25. The molecule has 0 aliphatic rings. The predicted octanol–water partition coefficient (Wildman–Crippen LogP) is 0.881. The van der Waals surface area contributed by atoms with Crippen molar-refractivity contribution >= 4 is 24.5 Å². The molecule has 0 saturated heterocycles. The van der Waals surface area contributed by atoms with Crippen LogP contribution in [0.3, 0.4) is 0 Å². The van der Waals surface area contributed by atoms with Gasteiger partial charge in [0.25, 0.3) is 0 Å². The van der Waals surface area contributed by atoms with Gasteiger partial charge in [-0.25, -0.2) is 0 Å². The van der Waals surface area contributed by atoms with Crippen LogP contribution in [0.4, 0.5) is 0 Å². The number of hydrogen-bond acceptors (Lipinski definition) is 1. The van der Waals surface area contributed by atoms with Gasteiger partial charge in [-0.2, -0.15) is 0 Å². The van der Waals surface area contributed by atoms with Crippen LogP contribution in [-0.4, -0.2) is 15.3 Å². The highest BCUT2D eigenvalue weighted by atomic mass is 35.6. The van der Waals surface area contributed by atoms with Crippen LogP contribution in [0.25, 0.3) is 0 Å². The quantitative estimate of drug-likeness (QED) is 0.533. The highest BCUT2D eigenvalue weighted by Gasteiger charge is 2.08. The van der Waals surface area contributed by atoms with Crippen LogP contribution < -0.4 is 10.2 Å². The zero-order valence-electron chi connectivity index (χ0n) is 6.76. The minimum Gasteiger partial charge on any atom is -0.327 e. The van der Waals surface area contributed by atoms with Gasteiger partial charge < -0.3 is 4.98 Å². The molecule has 1 atom stereocenters. The standard InChI is InChI=1S/C8H12ClNSi/c1-7-5-3-4-6-8(7)11(9)10-2/h3-6,10-11H,1-2H3. The topological polar surface area (TPSA) is 12.0 Å². The Balaban J connectivity index is 2.93. The summed E-state index contributed by atoms with van der Waals surface area (Å²) >= 11 is 6.12. The van der Waals surface area contributed by atoms with Gasteiger partial charge >= 0.3 is 0 Å². The maximum Gasteiger partial charge on any atom is 0.242 e. The Morgan fingerprint density at radius 2 is 2.00 bits per heavy atom. The van der Waals surface area contributed by atoms with E-state index < -0.39 is 8.27 Å². The van der Waals surface area contributed by atoms with Crippen molar-refractivity contribution in [1.29, 1.82) is 0 Å². The molecule has 3 heteroatoms. The van der Waals surface area contributed by atoms with Crippen molar-refractivity contribution in [1.82, 2.24) is 4.98 Å². The number of nitrogens with one attached hydrogen (secondary N) is 1. The van der Waals surface area contributed by atoms with Crippen LogP contribution in [0.2, 0.25) is 0 Å². The van der Waals surface area contributed by atoms with Gasteiger partial charge in [-0.3, -0.25) is 0 Å². The average Bonchev–Trinajstić information content (AvgIpc) is 2.04. The maximum absolute atomic E-state index is 6.12. The van der Waals surface area contributed by atoms with E-state index >= 15 is 0 Å². The lowest BCUT2D eigenvalue weighted by Crippen LogP contribution is -2.38. The molecule has 0 amide bonds. The Bertz CT molecular complexity index is 239. The third kappa shape index (κ3) is 2.06. The zero-order valence-corrected chi connectivity index (χ0v) is 8.68. The van der Waals surface area contributed by atoms with Crippen LogP contribution in [0.1, 0.15) is 5.56 Å². The summed E-state index contributed by atoms with van der Waals surface area (Å²) in [6.07, 6.45) is 0. The normalized spacial score (nSPS) is 13.0. The van der Waals surface area contributed by atoms with E-state index in [4.69, 9.17) is 11.1 Å². The van der Waals surface area contributed by atoms with E-state index in [2.05, 4.69) is 24.0 Å². The van der Waals surface area contributed by atoms with Crippen molar-refractivity contribution in [3.05, 3.63) is 29.8 Å². The van der Waals surface area contributed by atoms with E-state index in [0.717, 1.165) is 0 Å². The molecule has 1 unspecified atom stereocenters. The van der Waals surface area contributed by atoms with Crippen molar-refractivity contribution in [2.24, 2.45) is 0 Å². The predicted molar refractivity (Wildman–Crippen MR) is 52.9 cm³/mol. The molecule has 0 aromatic heterocycles. The van der Waals surface area contributed by atoms with Crippen LogP contribution >= 0.6 is 11.1 Å². The lowest BCUT2D eigenvalue weighted by Gasteiger charge is -2.08. The summed E-state index contributed by atoms with van der Waals surface area (Å²) in [5.74, 6) is 0. The van der Waals surface area contributed by atoms with Gasteiger partial charge in [0.15, 0.2) is 0 Å². The fourth-order valence-corrected chi connectivity index (χ4v) is 2.85. The van der Waals surface area contributed by atoms with Gasteiger partial charge in [0, 0.05) is 0 Å². The van der Waals surface area contributed by atoms with E-state index in [-0.39, 0.29) is 0 Å². The van der Waals surface area contributed by atoms with Crippen molar-refractivity contribution in [2.75, 3.05) is 7.05 Å². The number of halogens is 1. The molecule has 0 radical (unpaired) electrons. The highest BCUT2D eigenvalue weighted by molar-refractivity contribution is 7.13. The molecule has 1 nitrogen and oxygen atoms in total. The maximum atomic E-state index is 6.12. The second-order valence-electron chi connectivity index (χ2n) is 2.51. The van der Waals surface area contributed by atoms with E-state index in [1.165, 1.54) is 10.8 Å². The number of benzene rings is 1. The molecule has 1 aromatic carbocycles. The Morgan fingerprint density at radius 3 is 2.55 bits per heavy atom. The fraction of sp³-hybridized carbons (Fsp3) is 0.250. The SMILES string of the molecule is CN[SiH](Cl)c1ccccc1C. The molecule has 11 heavy (non-hydrogen) atoms. The van der Waals surface area contributed by atoms with Gasteiger partial charge in [0.05, 0.1) is 0 Å². The molecule has 0 saturated carbocycles. The molecule has 0 fully saturated rings. The molecule has 0 aliphatic carbocycles. The molecular formula is C8H12ClNSi. The first-order chi connectivity index (χ1) is 5.25. The molecular weight excluding hydrogens is 174 g/mol. The first-order valence-corrected chi connectivity index (χ1v) is 6.52. The van der Waals surface area contributed by atoms with Crippen molar-refractivity contribution < 1.29 is 0 Å². The second kappa shape index (κ2) is 3.90. The summed E-state index contributed by atoms with van der Waals surface area (Å²) in [4.78, 5) is 3.13. The Labute approximate surface area is 73.8 Å². The van der Waals surface area contributed by atoms with Gasteiger partial charge in [-0.1, -0.05) is 24.3 Å². The van der Waals surface area contributed by atoms with Crippen LogP contribution in [0.15, 0.2) is 24.3 Å². The van der Waals surface area contributed by atoms with Crippen molar-refractivity contribution in [3.8, 4) is 0 Å². The van der Waals surface area contributed by atoms with Crippen LogP contribution in [0.5, 0.6) is 0 Å². The lowest BCUT2D eigenvalue weighted by atomic mass is 10.2. The molecule has 1 N–H and O–H groups in total. The molecule has 0 aliphatic heterocycles. The summed E-state index contributed by atoms with van der Waals surface area (Å²) in [5, 5.41) is 1.29. The fourth-order valence-electron chi connectivity index (χ4n) is 1.03. The molecule has 0 heterocycles. The zero-order chi connectivity index (χ0) is 8.27. The van der Waals surface area contributed by atoms with Crippen molar-refractivity contribution in [3.63, 3.8) is 0 Å². The monoisotopic (exact) mass is 185 g/mol. The second-order valence-corrected chi connectivity index (χ2v) is 5.74. The number of rotatable bonds is 2. The minimum absolute atomic E-state index is 1.29. The molecule has 0 bridgehead atoms. The molecule has 60 valence electrons. The smallest absolute Gasteiger partial charge is 0.242 e. The van der Waals surface area contributed by atoms with E-state index in [0.29, 0.717) is 0 Å². The third-order valence-electron chi connectivity index (χ3n) is 1.71. The Kier molecular flexibility index (Phi) is 3.11. The first-order valence-electron chi connectivity index (χ1n) is 3.62. The Morgan fingerprint density at radius 1 is 1.36 bits per heavy atom. The molecule has 1 aromatic rings. The Hall–Kier alpha value is -0.313. The van der Waals surface area contributed by atoms with Crippen LogP contribution in [0, 0.1) is 6.92 Å². The summed E-state index contributed by atoms with van der Waals surface area (Å²) < 4.78 is 0. The van der Waals surface area contributed by atoms with Gasteiger partial charge in [-0.15, -0.1) is 11.1 Å². The van der Waals surface area contributed by atoms with Gasteiger partial charge in [0.2, 0.25) is 8.27 Å². The number of aryl methyl sites for hydroxylation is 1. The van der Waals surface area contributed by atoms with Gasteiger partial charge in [0.1, 0.15) is 0 Å². The summed E-state index contributed by atoms with van der Waals surface area (Å²) in [6.45, 7) is 2.09. The van der Waals surface area contributed by atoms with Crippen molar-refractivity contribution in [2.45, 2.75) is 6.92 Å². The van der Waals surface area contributed by atoms with Gasteiger partial charge in [-0.05, 0) is 24.7 Å². The first kappa shape index (κ1) is 8.78. The average molecular weight is 186 g/mol. The lowest BCUT2D eigenvalue weighted by molar-refractivity contribution is 1.24. The van der Waals surface area contributed by atoms with Crippen LogP contribution in [-0.2, 0) is 0 Å². The summed E-state index contributed by atoms with van der Waals surface area (Å²) in [5.41, 5.74) is 1.29. The molecule has 1 rings (SSSR count).